The van der Waals surface area contributed by atoms with Crippen LogP contribution in [-0.2, 0) is 0 Å². The number of aromatic nitrogens is 3. The lowest BCUT2D eigenvalue weighted by Crippen LogP contribution is -2.20. The lowest BCUT2D eigenvalue weighted by Gasteiger charge is -2.13. The Morgan fingerprint density at radius 1 is 1.10 bits per heavy atom. The van der Waals surface area contributed by atoms with E-state index in [1.807, 2.05) is 54.6 Å². The second kappa shape index (κ2) is 8.20. The van der Waals surface area contributed by atoms with Gasteiger partial charge in [0, 0.05) is 17.6 Å². The molecule has 2 heterocycles. The van der Waals surface area contributed by atoms with Crippen molar-refractivity contribution in [1.82, 2.24) is 14.5 Å². The zero-order valence-electron chi connectivity index (χ0n) is 15.6. The number of pyridine rings is 1. The van der Waals surface area contributed by atoms with E-state index >= 15 is 0 Å². The molecule has 2 aromatic carbocycles. The molecule has 4 rings (SSSR count). The lowest BCUT2D eigenvalue weighted by atomic mass is 10.1. The molecule has 0 radical (unpaired) electrons. The second-order valence-corrected chi connectivity index (χ2v) is 6.48. The Hall–Kier alpha value is -3.58. The number of thiol groups is 1. The highest BCUT2D eigenvalue weighted by atomic mass is 32.1. The van der Waals surface area contributed by atoms with E-state index in [1.165, 1.54) is 0 Å². The standard InChI is InChI=1S/C22H18N4O2S/c1-28-19-10-6-5-9-18(19)24-22-23-14-17-15(11-12-29)13-20(27)26(21(17)25-22)16-7-3-2-4-8-16/h2-14,29H,1H3,(H,23,24,25)/b12-11+. The molecule has 0 aliphatic carbocycles. The summed E-state index contributed by atoms with van der Waals surface area (Å²) in [6.07, 6.45) is 3.45. The van der Waals surface area contributed by atoms with Gasteiger partial charge >= 0.3 is 0 Å². The van der Waals surface area contributed by atoms with Gasteiger partial charge in [-0.2, -0.15) is 17.6 Å². The van der Waals surface area contributed by atoms with Gasteiger partial charge in [0.15, 0.2) is 5.65 Å². The highest BCUT2D eigenvalue weighted by molar-refractivity contribution is 7.83. The Bertz CT molecular complexity index is 1250. The number of anilines is 2. The molecule has 0 saturated carbocycles. The van der Waals surface area contributed by atoms with Crippen molar-refractivity contribution in [3.05, 3.63) is 88.2 Å². The molecule has 6 nitrogen and oxygen atoms in total. The lowest BCUT2D eigenvalue weighted by molar-refractivity contribution is 0.417. The molecule has 0 spiro atoms. The van der Waals surface area contributed by atoms with Crippen molar-refractivity contribution in [2.75, 3.05) is 12.4 Å². The fourth-order valence-electron chi connectivity index (χ4n) is 3.10. The number of nitrogens with zero attached hydrogens (tertiary/aromatic N) is 3. The van der Waals surface area contributed by atoms with Gasteiger partial charge in [-0.25, -0.2) is 4.98 Å². The second-order valence-electron chi connectivity index (χ2n) is 6.18. The third-order valence-corrected chi connectivity index (χ3v) is 4.56. The maximum absolute atomic E-state index is 12.9. The van der Waals surface area contributed by atoms with Crippen molar-refractivity contribution < 1.29 is 4.74 Å². The van der Waals surface area contributed by atoms with E-state index in [0.29, 0.717) is 22.9 Å². The molecule has 0 fully saturated rings. The average Bonchev–Trinajstić information content (AvgIpc) is 2.75. The first kappa shape index (κ1) is 18.8. The van der Waals surface area contributed by atoms with Crippen LogP contribution >= 0.6 is 12.6 Å². The van der Waals surface area contributed by atoms with Crippen molar-refractivity contribution in [3.63, 3.8) is 0 Å². The number of hydrogen-bond donors (Lipinski definition) is 2. The number of methoxy groups -OCH3 is 1. The first-order chi connectivity index (χ1) is 14.2. The molecule has 144 valence electrons. The van der Waals surface area contributed by atoms with Crippen molar-refractivity contribution >= 4 is 41.4 Å². The van der Waals surface area contributed by atoms with Crippen LogP contribution in [0.3, 0.4) is 0 Å². The van der Waals surface area contributed by atoms with Crippen LogP contribution in [0.5, 0.6) is 5.75 Å². The molecule has 0 aliphatic heterocycles. The van der Waals surface area contributed by atoms with Crippen LogP contribution < -0.4 is 15.6 Å². The highest BCUT2D eigenvalue weighted by Gasteiger charge is 2.13. The zero-order valence-corrected chi connectivity index (χ0v) is 16.5. The number of ether oxygens (including phenoxy) is 1. The summed E-state index contributed by atoms with van der Waals surface area (Å²) in [6.45, 7) is 0. The SMILES string of the molecule is COc1ccccc1Nc1ncc2c(/C=C/S)cc(=O)n(-c3ccccc3)c2n1. The van der Waals surface area contributed by atoms with E-state index in [4.69, 9.17) is 4.74 Å². The van der Waals surface area contributed by atoms with Gasteiger partial charge in [-0.15, -0.1) is 0 Å². The smallest absolute Gasteiger partial charge is 0.257 e. The van der Waals surface area contributed by atoms with Crippen molar-refractivity contribution in [2.24, 2.45) is 0 Å². The number of para-hydroxylation sites is 3. The van der Waals surface area contributed by atoms with Gasteiger partial charge in [0.25, 0.3) is 5.56 Å². The highest BCUT2D eigenvalue weighted by Crippen LogP contribution is 2.27. The van der Waals surface area contributed by atoms with Gasteiger partial charge in [-0.3, -0.25) is 9.36 Å². The molecule has 2 aromatic heterocycles. The van der Waals surface area contributed by atoms with Crippen LogP contribution in [0.2, 0.25) is 0 Å². The minimum atomic E-state index is -0.188. The van der Waals surface area contributed by atoms with E-state index in [1.54, 1.807) is 35.4 Å². The van der Waals surface area contributed by atoms with Gasteiger partial charge in [0.2, 0.25) is 5.95 Å². The van der Waals surface area contributed by atoms with Gasteiger partial charge < -0.3 is 10.1 Å². The van der Waals surface area contributed by atoms with Gasteiger partial charge in [0.05, 0.1) is 18.5 Å². The molecule has 0 amide bonds. The molecule has 0 unspecified atom stereocenters. The number of fused-ring (bicyclic) bond motifs is 1. The maximum Gasteiger partial charge on any atom is 0.257 e. The predicted octanol–water partition coefficient (Wildman–Crippen LogP) is 4.43. The summed E-state index contributed by atoms with van der Waals surface area (Å²) in [5.74, 6) is 1.03. The van der Waals surface area contributed by atoms with Crippen LogP contribution in [-0.4, -0.2) is 21.6 Å². The fraction of sp³-hybridized carbons (Fsp3) is 0.0455. The first-order valence-electron chi connectivity index (χ1n) is 8.90. The number of nitrogens with one attached hydrogen (secondary N) is 1. The predicted molar refractivity (Wildman–Crippen MR) is 119 cm³/mol. The summed E-state index contributed by atoms with van der Waals surface area (Å²) in [5.41, 5.74) is 2.47. The van der Waals surface area contributed by atoms with Crippen LogP contribution in [0.25, 0.3) is 22.8 Å². The number of benzene rings is 2. The average molecular weight is 402 g/mol. The molecule has 0 aliphatic rings. The third kappa shape index (κ3) is 3.72. The van der Waals surface area contributed by atoms with Crippen LogP contribution in [0.4, 0.5) is 11.6 Å². The van der Waals surface area contributed by atoms with E-state index in [0.717, 1.165) is 16.8 Å². The maximum atomic E-state index is 12.9. The minimum absolute atomic E-state index is 0.188. The molecular formula is C22H18N4O2S. The molecule has 0 saturated heterocycles. The Balaban J connectivity index is 1.93. The summed E-state index contributed by atoms with van der Waals surface area (Å²) >= 11 is 4.14. The van der Waals surface area contributed by atoms with E-state index in [2.05, 4.69) is 27.9 Å². The normalized spacial score (nSPS) is 11.1. The fourth-order valence-corrected chi connectivity index (χ4v) is 3.26. The van der Waals surface area contributed by atoms with Crippen molar-refractivity contribution in [1.29, 1.82) is 0 Å². The van der Waals surface area contributed by atoms with E-state index in [9.17, 15) is 4.79 Å². The molecule has 1 N–H and O–H groups in total. The quantitative estimate of drug-likeness (QED) is 0.483. The summed E-state index contributed by atoms with van der Waals surface area (Å²) in [5, 5.41) is 5.49. The van der Waals surface area contributed by atoms with Crippen LogP contribution in [0.1, 0.15) is 5.56 Å². The van der Waals surface area contributed by atoms with Crippen molar-refractivity contribution in [2.45, 2.75) is 0 Å². The van der Waals surface area contributed by atoms with E-state index in [-0.39, 0.29) is 5.56 Å². The number of rotatable bonds is 5. The van der Waals surface area contributed by atoms with Gasteiger partial charge in [-0.05, 0) is 41.3 Å². The summed E-state index contributed by atoms with van der Waals surface area (Å²) in [4.78, 5) is 22.0. The van der Waals surface area contributed by atoms with Gasteiger partial charge in [-0.1, -0.05) is 30.3 Å². The molecule has 0 bridgehead atoms. The minimum Gasteiger partial charge on any atom is -0.495 e. The molecule has 29 heavy (non-hydrogen) atoms. The van der Waals surface area contributed by atoms with Gasteiger partial charge in [0.1, 0.15) is 5.75 Å². The van der Waals surface area contributed by atoms with Crippen molar-refractivity contribution in [3.8, 4) is 11.4 Å². The zero-order chi connectivity index (χ0) is 20.2. The monoisotopic (exact) mass is 402 g/mol. The Morgan fingerprint density at radius 2 is 1.86 bits per heavy atom. The number of hydrogen-bond acceptors (Lipinski definition) is 6. The Morgan fingerprint density at radius 3 is 2.62 bits per heavy atom. The summed E-state index contributed by atoms with van der Waals surface area (Å²) < 4.78 is 6.95. The molecule has 7 heteroatoms. The summed E-state index contributed by atoms with van der Waals surface area (Å²) in [7, 11) is 1.60. The topological polar surface area (TPSA) is 69.0 Å². The Labute approximate surface area is 172 Å². The molecule has 4 aromatic rings. The van der Waals surface area contributed by atoms with E-state index < -0.39 is 0 Å². The molecule has 0 atom stereocenters. The third-order valence-electron chi connectivity index (χ3n) is 4.41. The van der Waals surface area contributed by atoms with Crippen LogP contribution in [0.15, 0.2) is 77.1 Å². The first-order valence-corrected chi connectivity index (χ1v) is 9.42. The van der Waals surface area contributed by atoms with Crippen LogP contribution in [0, 0.1) is 0 Å². The molecular weight excluding hydrogens is 384 g/mol. The summed E-state index contributed by atoms with van der Waals surface area (Å²) in [6, 6.07) is 18.4. The Kier molecular flexibility index (Phi) is 5.31. The largest absolute Gasteiger partial charge is 0.495 e.